The topological polar surface area (TPSA) is 80.7 Å². The molecule has 3 rings (SSSR count). The Morgan fingerprint density at radius 1 is 1.18 bits per heavy atom. The predicted octanol–water partition coefficient (Wildman–Crippen LogP) is 5.55. The van der Waals surface area contributed by atoms with Crippen LogP contribution in [0.5, 0.6) is 0 Å². The van der Waals surface area contributed by atoms with E-state index < -0.39 is 11.5 Å². The maximum Gasteiger partial charge on any atom is 0.257 e. The maximum absolute atomic E-state index is 12.8. The van der Waals surface area contributed by atoms with Crippen LogP contribution < -0.4 is 10.2 Å². The van der Waals surface area contributed by atoms with Gasteiger partial charge in [-0.05, 0) is 55.3 Å². The highest BCUT2D eigenvalue weighted by Gasteiger charge is 2.32. The Hall–Kier alpha value is -4.13. The molecule has 0 bridgehead atoms. The van der Waals surface area contributed by atoms with Gasteiger partial charge in [0.25, 0.3) is 5.91 Å². The van der Waals surface area contributed by atoms with E-state index >= 15 is 0 Å². The number of anilines is 2. The third-order valence-electron chi connectivity index (χ3n) is 5.26. The van der Waals surface area contributed by atoms with Crippen molar-refractivity contribution in [2.24, 2.45) is 0 Å². The van der Waals surface area contributed by atoms with Crippen molar-refractivity contribution in [3.05, 3.63) is 89.3 Å². The van der Waals surface area contributed by atoms with Crippen LogP contribution in [0.3, 0.4) is 0 Å². The van der Waals surface area contributed by atoms with Crippen molar-refractivity contribution in [1.82, 2.24) is 0 Å². The lowest BCUT2D eigenvalue weighted by molar-refractivity contribution is -0.131. The summed E-state index contributed by atoms with van der Waals surface area (Å²) < 4.78 is 0. The molecule has 6 nitrogen and oxygen atoms in total. The second kappa shape index (κ2) is 10.5. The van der Waals surface area contributed by atoms with Gasteiger partial charge in [0, 0.05) is 24.0 Å². The van der Waals surface area contributed by atoms with E-state index in [0.717, 1.165) is 22.4 Å². The minimum atomic E-state index is -1.68. The van der Waals surface area contributed by atoms with Crippen LogP contribution in [0.2, 0.25) is 0 Å². The Morgan fingerprint density at radius 2 is 1.88 bits per heavy atom. The number of nitrogens with zero attached hydrogens (tertiary/aromatic N) is 3. The van der Waals surface area contributed by atoms with E-state index in [2.05, 4.69) is 16.2 Å². The second-order valence-electron chi connectivity index (χ2n) is 7.90. The predicted molar refractivity (Wildman–Crippen MR) is 133 cm³/mol. The van der Waals surface area contributed by atoms with Gasteiger partial charge in [-0.3, -0.25) is 4.79 Å². The highest BCUT2D eigenvalue weighted by molar-refractivity contribution is 5.97. The Balaban J connectivity index is 0.00000385. The van der Waals surface area contributed by atoms with Crippen molar-refractivity contribution >= 4 is 23.0 Å². The van der Waals surface area contributed by atoms with Crippen molar-refractivity contribution in [3.63, 3.8) is 0 Å². The van der Waals surface area contributed by atoms with Gasteiger partial charge in [-0.15, -0.1) is 0 Å². The summed E-state index contributed by atoms with van der Waals surface area (Å²) in [5.41, 5.74) is 3.14. The van der Waals surface area contributed by atoms with Gasteiger partial charge in [0.05, 0.1) is 24.7 Å². The monoisotopic (exact) mass is 440 g/mol. The average molecular weight is 441 g/mol. The molecule has 168 valence electrons. The minimum absolute atomic E-state index is 0. The molecule has 3 aromatic carbocycles. The van der Waals surface area contributed by atoms with Gasteiger partial charge >= 0.3 is 0 Å². The van der Waals surface area contributed by atoms with E-state index in [4.69, 9.17) is 6.57 Å². The molecular formula is C27H28N4O2. The summed E-state index contributed by atoms with van der Waals surface area (Å²) >= 11 is 0. The van der Waals surface area contributed by atoms with Crippen molar-refractivity contribution in [2.75, 3.05) is 23.8 Å². The van der Waals surface area contributed by atoms with Crippen LogP contribution in [0.25, 0.3) is 16.0 Å². The summed E-state index contributed by atoms with van der Waals surface area (Å²) in [5.74, 6) is -0.545. The van der Waals surface area contributed by atoms with Gasteiger partial charge in [-0.1, -0.05) is 43.8 Å². The first-order chi connectivity index (χ1) is 15.2. The smallest absolute Gasteiger partial charge is 0.257 e. The SMILES string of the molecule is C.[C-]#[N+]c1ccc(NC(=O)[C@@](C)(O)CN(C)c2ccc(C#N)c(-c3ccccc3)c2)cc1C. The fourth-order valence-corrected chi connectivity index (χ4v) is 3.47. The number of carbonyl (C=O) groups excluding carboxylic acids is 1. The van der Waals surface area contributed by atoms with Crippen LogP contribution >= 0.6 is 0 Å². The van der Waals surface area contributed by atoms with Crippen molar-refractivity contribution < 1.29 is 9.90 Å². The Bertz CT molecular complexity index is 1220. The van der Waals surface area contributed by atoms with E-state index in [1.807, 2.05) is 36.4 Å². The van der Waals surface area contributed by atoms with Crippen LogP contribution in [-0.2, 0) is 4.79 Å². The molecule has 6 heteroatoms. The molecule has 1 amide bonds. The highest BCUT2D eigenvalue weighted by atomic mass is 16.3. The van der Waals surface area contributed by atoms with Crippen LogP contribution in [0.1, 0.15) is 25.5 Å². The van der Waals surface area contributed by atoms with E-state index in [1.54, 1.807) is 49.2 Å². The first-order valence-electron chi connectivity index (χ1n) is 10.1. The number of benzene rings is 3. The molecule has 0 aliphatic rings. The van der Waals surface area contributed by atoms with E-state index in [1.165, 1.54) is 6.92 Å². The molecule has 0 radical (unpaired) electrons. The van der Waals surface area contributed by atoms with Gasteiger partial charge in [-0.2, -0.15) is 5.26 Å². The number of nitriles is 1. The van der Waals surface area contributed by atoms with Crippen LogP contribution in [0.4, 0.5) is 17.1 Å². The summed E-state index contributed by atoms with van der Waals surface area (Å²) in [6.45, 7) is 10.4. The van der Waals surface area contributed by atoms with Crippen molar-refractivity contribution in [3.8, 4) is 17.2 Å². The lowest BCUT2D eigenvalue weighted by atomic mass is 9.98. The van der Waals surface area contributed by atoms with Gasteiger partial charge in [0.15, 0.2) is 11.3 Å². The zero-order chi connectivity index (χ0) is 23.3. The third-order valence-corrected chi connectivity index (χ3v) is 5.26. The zero-order valence-corrected chi connectivity index (χ0v) is 18.3. The zero-order valence-electron chi connectivity index (χ0n) is 18.3. The molecule has 1 atom stereocenters. The van der Waals surface area contributed by atoms with Gasteiger partial charge in [0.2, 0.25) is 0 Å². The largest absolute Gasteiger partial charge is 0.378 e. The molecule has 33 heavy (non-hydrogen) atoms. The summed E-state index contributed by atoms with van der Waals surface area (Å²) in [6.07, 6.45) is 0. The maximum atomic E-state index is 12.8. The number of aryl methyl sites for hydroxylation is 1. The standard InChI is InChI=1S/C26H24N4O2.CH4/c1-18-14-21(11-13-24(18)28-3)29-25(31)26(2,32)17-30(4)22-12-10-20(16-27)23(15-22)19-8-6-5-7-9-19;/h5-15,32H,17H2,1-2,4H3,(H,29,31);1H4/t26-;/m0./s1. The van der Waals surface area contributed by atoms with Gasteiger partial charge in [-0.25, -0.2) is 4.85 Å². The summed E-state index contributed by atoms with van der Waals surface area (Å²) in [5, 5.41) is 23.1. The Morgan fingerprint density at radius 3 is 2.48 bits per heavy atom. The normalized spacial score (nSPS) is 11.8. The Kier molecular flexibility index (Phi) is 7.96. The molecule has 0 spiro atoms. The quantitative estimate of drug-likeness (QED) is 0.493. The van der Waals surface area contributed by atoms with E-state index in [0.29, 0.717) is 16.9 Å². The van der Waals surface area contributed by atoms with Gasteiger partial charge in [0.1, 0.15) is 0 Å². The number of aliphatic hydroxyl groups is 1. The molecule has 0 unspecified atom stereocenters. The molecule has 3 aromatic rings. The summed E-state index contributed by atoms with van der Waals surface area (Å²) in [7, 11) is 1.78. The molecular weight excluding hydrogens is 412 g/mol. The number of nitrogens with one attached hydrogen (secondary N) is 1. The summed E-state index contributed by atoms with van der Waals surface area (Å²) in [6, 6.07) is 22.2. The Labute approximate surface area is 195 Å². The second-order valence-corrected chi connectivity index (χ2v) is 7.90. The number of amides is 1. The molecule has 0 aliphatic heterocycles. The van der Waals surface area contributed by atoms with Crippen LogP contribution in [0, 0.1) is 24.8 Å². The number of carbonyl (C=O) groups is 1. The fourth-order valence-electron chi connectivity index (χ4n) is 3.47. The van der Waals surface area contributed by atoms with E-state index in [9.17, 15) is 15.2 Å². The van der Waals surface area contributed by atoms with Crippen LogP contribution in [-0.4, -0.2) is 30.2 Å². The van der Waals surface area contributed by atoms with Crippen molar-refractivity contribution in [2.45, 2.75) is 26.9 Å². The third kappa shape index (κ3) is 5.77. The highest BCUT2D eigenvalue weighted by Crippen LogP contribution is 2.29. The van der Waals surface area contributed by atoms with Crippen LogP contribution in [0.15, 0.2) is 66.7 Å². The first-order valence-corrected chi connectivity index (χ1v) is 10.1. The summed E-state index contributed by atoms with van der Waals surface area (Å²) in [4.78, 5) is 18.0. The first kappa shape index (κ1) is 25.1. The number of likely N-dealkylation sites (N-methyl/N-ethyl adjacent to an activating group) is 1. The van der Waals surface area contributed by atoms with Gasteiger partial charge < -0.3 is 15.3 Å². The lowest BCUT2D eigenvalue weighted by Gasteiger charge is -2.30. The fraction of sp³-hybridized carbons (Fsp3) is 0.222. The molecule has 0 aromatic heterocycles. The average Bonchev–Trinajstić information content (AvgIpc) is 2.79. The van der Waals surface area contributed by atoms with Crippen molar-refractivity contribution in [1.29, 1.82) is 5.26 Å². The molecule has 0 heterocycles. The molecule has 2 N–H and O–H groups in total. The minimum Gasteiger partial charge on any atom is -0.378 e. The molecule has 0 fully saturated rings. The van der Waals surface area contributed by atoms with E-state index in [-0.39, 0.29) is 14.0 Å². The molecule has 0 saturated carbocycles. The molecule has 0 saturated heterocycles. The number of hydrogen-bond donors (Lipinski definition) is 2. The number of hydrogen-bond acceptors (Lipinski definition) is 4. The number of rotatable bonds is 6. The lowest BCUT2D eigenvalue weighted by Crippen LogP contribution is -2.48. The molecule has 0 aliphatic carbocycles.